The van der Waals surface area contributed by atoms with Crippen LogP contribution in [0.15, 0.2) is 30.9 Å². The first-order valence-electron chi connectivity index (χ1n) is 16.6. The van der Waals surface area contributed by atoms with Gasteiger partial charge in [0.2, 0.25) is 5.91 Å². The van der Waals surface area contributed by atoms with Gasteiger partial charge in [0.15, 0.2) is 0 Å². The normalized spacial score (nSPS) is 29.6. The van der Waals surface area contributed by atoms with Crippen molar-refractivity contribution in [2.45, 2.75) is 134 Å². The third-order valence-corrected chi connectivity index (χ3v) is 11.0. The van der Waals surface area contributed by atoms with Gasteiger partial charge in [-0.25, -0.2) is 4.39 Å². The summed E-state index contributed by atoms with van der Waals surface area (Å²) in [5.74, 6) is 4.54. The molecule has 0 spiro atoms. The number of nitrogens with zero attached hydrogens (tertiary/aromatic N) is 1. The molecule has 0 unspecified atom stereocenters. The lowest BCUT2D eigenvalue weighted by Gasteiger charge is -2.38. The van der Waals surface area contributed by atoms with Crippen LogP contribution in [0.3, 0.4) is 0 Å². The average molecular weight is 538 g/mol. The van der Waals surface area contributed by atoms with E-state index in [9.17, 15) is 4.79 Å². The minimum atomic E-state index is 0.00707. The minimum Gasteiger partial charge on any atom is -0.342 e. The Bertz CT molecular complexity index is 887. The van der Waals surface area contributed by atoms with Crippen LogP contribution in [0.25, 0.3) is 0 Å². The number of benzene rings is 1. The molecule has 218 valence electrons. The van der Waals surface area contributed by atoms with E-state index in [2.05, 4.69) is 25.6 Å². The lowest BCUT2D eigenvalue weighted by atomic mass is 9.68. The molecule has 3 saturated carbocycles. The molecule has 0 aromatic heterocycles. The monoisotopic (exact) mass is 537 g/mol. The molecule has 39 heavy (non-hydrogen) atoms. The molecule has 4 rings (SSSR count). The Balaban J connectivity index is 1.18. The first kappa shape index (κ1) is 30.3. The lowest BCUT2D eigenvalue weighted by Crippen LogP contribution is -2.26. The number of hydrogen-bond donors (Lipinski definition) is 0. The molecule has 3 heteroatoms. The average Bonchev–Trinajstić information content (AvgIpc) is 2.97. The first-order chi connectivity index (χ1) is 19.0. The van der Waals surface area contributed by atoms with Crippen LogP contribution in [0.1, 0.15) is 145 Å². The largest absolute Gasteiger partial charge is 0.342 e. The van der Waals surface area contributed by atoms with Crippen molar-refractivity contribution in [1.82, 2.24) is 4.90 Å². The zero-order chi connectivity index (χ0) is 27.6. The highest BCUT2D eigenvalue weighted by Crippen LogP contribution is 2.45. The molecule has 3 aliphatic rings. The Morgan fingerprint density at radius 1 is 0.846 bits per heavy atom. The summed E-state index contributed by atoms with van der Waals surface area (Å²) in [6.07, 6.45) is 24.8. The Morgan fingerprint density at radius 2 is 1.41 bits per heavy atom. The van der Waals surface area contributed by atoms with Crippen LogP contribution in [0.2, 0.25) is 0 Å². The van der Waals surface area contributed by atoms with Crippen molar-refractivity contribution in [2.24, 2.45) is 23.7 Å². The molecule has 3 aliphatic carbocycles. The third-order valence-electron chi connectivity index (χ3n) is 11.0. The molecule has 3 fully saturated rings. The van der Waals surface area contributed by atoms with Gasteiger partial charge in [0.1, 0.15) is 5.82 Å². The van der Waals surface area contributed by atoms with E-state index in [0.717, 1.165) is 55.0 Å². The van der Waals surface area contributed by atoms with Crippen LogP contribution in [0, 0.1) is 29.5 Å². The van der Waals surface area contributed by atoms with E-state index in [1.807, 2.05) is 13.1 Å². The van der Waals surface area contributed by atoms with Gasteiger partial charge in [-0.1, -0.05) is 64.2 Å². The highest BCUT2D eigenvalue weighted by atomic mass is 19.1. The number of rotatable bonds is 12. The van der Waals surface area contributed by atoms with Gasteiger partial charge < -0.3 is 4.90 Å². The molecular formula is C36H56FNO. The van der Waals surface area contributed by atoms with Crippen molar-refractivity contribution in [3.8, 4) is 0 Å². The van der Waals surface area contributed by atoms with Crippen LogP contribution in [0.4, 0.5) is 4.39 Å². The maximum Gasteiger partial charge on any atom is 0.245 e. The standard InChI is InChI=1S/C36H56FNO/c1-4-6-7-9-27-11-15-29(16-12-27)30-19-21-32(22-20-30)34-24-23-33(26-35(34)37)31-17-13-28(14-18-31)10-8-25-38(3)36(39)5-2/h5,23-24,26-32H,2,4,6-22,25H2,1,3H3. The fourth-order valence-corrected chi connectivity index (χ4v) is 8.33. The van der Waals surface area contributed by atoms with Crippen LogP contribution in [-0.4, -0.2) is 24.4 Å². The molecule has 1 aromatic rings. The quantitative estimate of drug-likeness (QED) is 0.192. The number of likely N-dealkylation sites (N-methyl/N-ethyl adjacent to an activating group) is 1. The maximum atomic E-state index is 15.4. The van der Waals surface area contributed by atoms with E-state index >= 15 is 4.39 Å². The zero-order valence-electron chi connectivity index (χ0n) is 25.1. The smallest absolute Gasteiger partial charge is 0.245 e. The van der Waals surface area contributed by atoms with Crippen LogP contribution < -0.4 is 0 Å². The fourth-order valence-electron chi connectivity index (χ4n) is 8.33. The summed E-state index contributed by atoms with van der Waals surface area (Å²) in [5, 5.41) is 0. The molecular weight excluding hydrogens is 481 g/mol. The summed E-state index contributed by atoms with van der Waals surface area (Å²) < 4.78 is 15.4. The highest BCUT2D eigenvalue weighted by Gasteiger charge is 2.32. The predicted octanol–water partition coefficient (Wildman–Crippen LogP) is 10.2. The molecule has 0 radical (unpaired) electrons. The molecule has 0 N–H and O–H groups in total. The number of hydrogen-bond acceptors (Lipinski definition) is 1. The molecule has 0 saturated heterocycles. The molecule has 0 atom stereocenters. The van der Waals surface area contributed by atoms with Crippen molar-refractivity contribution in [3.63, 3.8) is 0 Å². The Labute approximate surface area is 239 Å². The van der Waals surface area contributed by atoms with Gasteiger partial charge in [0, 0.05) is 13.6 Å². The van der Waals surface area contributed by atoms with Gasteiger partial charge in [0.25, 0.3) is 0 Å². The molecule has 1 aromatic carbocycles. The summed E-state index contributed by atoms with van der Waals surface area (Å²) in [7, 11) is 1.85. The van der Waals surface area contributed by atoms with Gasteiger partial charge in [0.05, 0.1) is 0 Å². The SMILES string of the molecule is C=CC(=O)N(C)CCCC1CCC(c2ccc(C3CCC(C4CCC(CCCCC)CC4)CC3)c(F)c2)CC1. The van der Waals surface area contributed by atoms with Crippen LogP contribution in [-0.2, 0) is 4.79 Å². The van der Waals surface area contributed by atoms with E-state index < -0.39 is 0 Å². The summed E-state index contributed by atoms with van der Waals surface area (Å²) in [6.45, 7) is 6.68. The van der Waals surface area contributed by atoms with Gasteiger partial charge >= 0.3 is 0 Å². The van der Waals surface area contributed by atoms with Crippen molar-refractivity contribution in [2.75, 3.05) is 13.6 Å². The minimum absolute atomic E-state index is 0.00707. The van der Waals surface area contributed by atoms with E-state index in [1.54, 1.807) is 4.90 Å². The van der Waals surface area contributed by atoms with E-state index in [1.165, 1.54) is 108 Å². The maximum absolute atomic E-state index is 15.4. The van der Waals surface area contributed by atoms with Crippen molar-refractivity contribution in [1.29, 1.82) is 0 Å². The molecule has 1 amide bonds. The number of unbranched alkanes of at least 4 members (excludes halogenated alkanes) is 2. The Morgan fingerprint density at radius 3 is 2.00 bits per heavy atom. The number of amides is 1. The second kappa shape index (κ2) is 15.4. The molecule has 2 nitrogen and oxygen atoms in total. The van der Waals surface area contributed by atoms with E-state index in [0.29, 0.717) is 11.8 Å². The fraction of sp³-hybridized carbons (Fsp3) is 0.750. The van der Waals surface area contributed by atoms with Gasteiger partial charge in [-0.3, -0.25) is 4.79 Å². The summed E-state index contributed by atoms with van der Waals surface area (Å²) in [6, 6.07) is 6.29. The topological polar surface area (TPSA) is 20.3 Å². The highest BCUT2D eigenvalue weighted by molar-refractivity contribution is 5.86. The number of carbonyl (C=O) groups is 1. The number of carbonyl (C=O) groups excluding carboxylic acids is 1. The van der Waals surface area contributed by atoms with Crippen LogP contribution >= 0.6 is 0 Å². The third kappa shape index (κ3) is 8.67. The Hall–Kier alpha value is -1.64. The van der Waals surface area contributed by atoms with Crippen molar-refractivity contribution < 1.29 is 9.18 Å². The van der Waals surface area contributed by atoms with E-state index in [-0.39, 0.29) is 11.7 Å². The zero-order valence-corrected chi connectivity index (χ0v) is 25.1. The Kier molecular flexibility index (Phi) is 12.0. The first-order valence-corrected chi connectivity index (χ1v) is 16.6. The van der Waals surface area contributed by atoms with Gasteiger partial charge in [-0.15, -0.1) is 0 Å². The summed E-state index contributed by atoms with van der Waals surface area (Å²) >= 11 is 0. The summed E-state index contributed by atoms with van der Waals surface area (Å²) in [5.41, 5.74) is 2.21. The van der Waals surface area contributed by atoms with Crippen molar-refractivity contribution in [3.05, 3.63) is 47.8 Å². The van der Waals surface area contributed by atoms with Crippen molar-refractivity contribution >= 4 is 5.91 Å². The molecule has 0 bridgehead atoms. The lowest BCUT2D eigenvalue weighted by molar-refractivity contribution is -0.124. The predicted molar refractivity (Wildman–Crippen MR) is 162 cm³/mol. The second-order valence-electron chi connectivity index (χ2n) is 13.5. The number of halogens is 1. The van der Waals surface area contributed by atoms with Gasteiger partial charge in [-0.2, -0.15) is 0 Å². The summed E-state index contributed by atoms with van der Waals surface area (Å²) in [4.78, 5) is 13.4. The molecule has 0 heterocycles. The van der Waals surface area contributed by atoms with Crippen LogP contribution in [0.5, 0.6) is 0 Å². The second-order valence-corrected chi connectivity index (χ2v) is 13.5. The molecule has 0 aliphatic heterocycles. The van der Waals surface area contributed by atoms with Gasteiger partial charge in [-0.05, 0) is 136 Å². The van der Waals surface area contributed by atoms with E-state index in [4.69, 9.17) is 0 Å².